The van der Waals surface area contributed by atoms with Crippen molar-refractivity contribution in [1.29, 1.82) is 0 Å². The molecule has 0 bridgehead atoms. The van der Waals surface area contributed by atoms with Gasteiger partial charge in [0.15, 0.2) is 0 Å². The molecule has 29 heavy (non-hydrogen) atoms. The molecule has 3 rings (SSSR count). The summed E-state index contributed by atoms with van der Waals surface area (Å²) in [5, 5.41) is 5.58. The highest BCUT2D eigenvalue weighted by Gasteiger charge is 2.49. The molecule has 1 saturated heterocycles. The number of nitrogens with one attached hydrogen (secondary N) is 2. The fourth-order valence-corrected chi connectivity index (χ4v) is 3.49. The number of imide groups is 1. The third-order valence-electron chi connectivity index (χ3n) is 5.41. The van der Waals surface area contributed by atoms with Crippen molar-refractivity contribution in [2.75, 3.05) is 6.54 Å². The molecule has 1 aliphatic heterocycles. The number of amides is 4. The van der Waals surface area contributed by atoms with Crippen LogP contribution in [0.2, 0.25) is 0 Å². The van der Waals surface area contributed by atoms with Crippen molar-refractivity contribution >= 4 is 17.8 Å². The molecule has 6 heteroatoms. The van der Waals surface area contributed by atoms with Crippen molar-refractivity contribution in [3.63, 3.8) is 0 Å². The zero-order valence-corrected chi connectivity index (χ0v) is 17.2. The Morgan fingerprint density at radius 3 is 2.21 bits per heavy atom. The van der Waals surface area contributed by atoms with Gasteiger partial charge in [-0.2, -0.15) is 0 Å². The van der Waals surface area contributed by atoms with Gasteiger partial charge in [-0.25, -0.2) is 4.79 Å². The van der Waals surface area contributed by atoms with E-state index >= 15 is 0 Å². The van der Waals surface area contributed by atoms with Crippen LogP contribution in [0.4, 0.5) is 4.79 Å². The van der Waals surface area contributed by atoms with E-state index in [-0.39, 0.29) is 18.5 Å². The largest absolute Gasteiger partial charge is 0.348 e. The van der Waals surface area contributed by atoms with Crippen LogP contribution in [0.3, 0.4) is 0 Å². The molecule has 1 aliphatic rings. The molecule has 0 aliphatic carbocycles. The maximum Gasteiger partial charge on any atom is 0.325 e. The molecule has 6 nitrogen and oxygen atoms in total. The molecule has 0 unspecified atom stereocenters. The molecule has 152 valence electrons. The fraction of sp³-hybridized carbons (Fsp3) is 0.348. The highest BCUT2D eigenvalue weighted by molar-refractivity contribution is 6.09. The normalized spacial score (nSPS) is 20.0. The van der Waals surface area contributed by atoms with Crippen LogP contribution in [0.15, 0.2) is 54.6 Å². The molecule has 0 radical (unpaired) electrons. The van der Waals surface area contributed by atoms with E-state index in [1.54, 1.807) is 6.92 Å². The van der Waals surface area contributed by atoms with Crippen molar-refractivity contribution in [1.82, 2.24) is 15.5 Å². The van der Waals surface area contributed by atoms with Crippen molar-refractivity contribution in [3.05, 3.63) is 71.3 Å². The Labute approximate surface area is 171 Å². The number of carbonyl (C=O) groups is 3. The lowest BCUT2D eigenvalue weighted by molar-refractivity contribution is -0.135. The van der Waals surface area contributed by atoms with Crippen LogP contribution in [-0.2, 0) is 15.1 Å². The summed E-state index contributed by atoms with van der Waals surface area (Å²) in [5.74, 6) is -0.441. The minimum absolute atomic E-state index is 0.223. The summed E-state index contributed by atoms with van der Waals surface area (Å²) in [7, 11) is 0. The predicted molar refractivity (Wildman–Crippen MR) is 111 cm³/mol. The average molecular weight is 393 g/mol. The molecule has 2 atom stereocenters. The summed E-state index contributed by atoms with van der Waals surface area (Å²) in [6.07, 6.45) is 0. The second-order valence-electron chi connectivity index (χ2n) is 7.92. The van der Waals surface area contributed by atoms with Gasteiger partial charge >= 0.3 is 6.03 Å². The SMILES string of the molecule is CC(C)c1ccc([C@@]2(C)NC(=O)N(CC(=O)N[C@@H](C)c3ccccc3)C2=O)cc1. The molecule has 1 fully saturated rings. The molecule has 4 amide bonds. The summed E-state index contributed by atoms with van der Waals surface area (Å²) in [5.41, 5.74) is 1.62. The maximum atomic E-state index is 13.0. The molecule has 0 aromatic heterocycles. The predicted octanol–water partition coefficient (Wildman–Crippen LogP) is 3.45. The standard InChI is InChI=1S/C23H27N3O3/c1-15(2)17-10-12-19(13-11-17)23(4)21(28)26(22(29)25-23)14-20(27)24-16(3)18-8-6-5-7-9-18/h5-13,15-16H,14H2,1-4H3,(H,24,27)(H,25,29)/t16-,23+/m0/s1. The Morgan fingerprint density at radius 2 is 1.62 bits per heavy atom. The molecule has 2 aromatic carbocycles. The van der Waals surface area contributed by atoms with Gasteiger partial charge in [-0.3, -0.25) is 14.5 Å². The first-order valence-electron chi connectivity index (χ1n) is 9.81. The van der Waals surface area contributed by atoms with E-state index < -0.39 is 17.5 Å². The Hall–Kier alpha value is -3.15. The van der Waals surface area contributed by atoms with Gasteiger partial charge < -0.3 is 10.6 Å². The van der Waals surface area contributed by atoms with E-state index in [0.717, 1.165) is 16.0 Å². The quantitative estimate of drug-likeness (QED) is 0.738. The molecule has 2 N–H and O–H groups in total. The first kappa shape index (κ1) is 20.6. The molecule has 1 heterocycles. The lowest BCUT2D eigenvalue weighted by Gasteiger charge is -2.23. The number of benzene rings is 2. The van der Waals surface area contributed by atoms with Gasteiger partial charge in [0, 0.05) is 0 Å². The molecule has 0 spiro atoms. The minimum Gasteiger partial charge on any atom is -0.348 e. The first-order chi connectivity index (χ1) is 13.7. The van der Waals surface area contributed by atoms with Crippen LogP contribution in [-0.4, -0.2) is 29.3 Å². The number of hydrogen-bond donors (Lipinski definition) is 2. The summed E-state index contributed by atoms with van der Waals surface area (Å²) < 4.78 is 0. The topological polar surface area (TPSA) is 78.5 Å². The van der Waals surface area contributed by atoms with Crippen LogP contribution in [0, 0.1) is 0 Å². The number of carbonyl (C=O) groups excluding carboxylic acids is 3. The minimum atomic E-state index is -1.18. The fourth-order valence-electron chi connectivity index (χ4n) is 3.49. The second-order valence-corrected chi connectivity index (χ2v) is 7.92. The summed E-state index contributed by atoms with van der Waals surface area (Å²) in [6.45, 7) is 7.40. The molecule has 0 saturated carbocycles. The van der Waals surface area contributed by atoms with E-state index in [1.807, 2.05) is 61.5 Å². The van der Waals surface area contributed by atoms with Crippen molar-refractivity contribution in [3.8, 4) is 0 Å². The monoisotopic (exact) mass is 393 g/mol. The van der Waals surface area contributed by atoms with E-state index in [2.05, 4.69) is 24.5 Å². The van der Waals surface area contributed by atoms with Crippen molar-refractivity contribution < 1.29 is 14.4 Å². The third kappa shape index (κ3) is 4.16. The van der Waals surface area contributed by atoms with Crippen LogP contribution in [0.5, 0.6) is 0 Å². The number of nitrogens with zero attached hydrogens (tertiary/aromatic N) is 1. The van der Waals surface area contributed by atoms with Gasteiger partial charge in [0.05, 0.1) is 6.04 Å². The molecule has 2 aromatic rings. The van der Waals surface area contributed by atoms with Crippen LogP contribution in [0.25, 0.3) is 0 Å². The van der Waals surface area contributed by atoms with Crippen LogP contribution < -0.4 is 10.6 Å². The Morgan fingerprint density at radius 1 is 1.00 bits per heavy atom. The maximum absolute atomic E-state index is 13.0. The van der Waals surface area contributed by atoms with Crippen LogP contribution in [0.1, 0.15) is 56.3 Å². The van der Waals surface area contributed by atoms with Gasteiger partial charge in [-0.15, -0.1) is 0 Å². The van der Waals surface area contributed by atoms with Gasteiger partial charge in [-0.05, 0) is 36.5 Å². The van der Waals surface area contributed by atoms with Crippen molar-refractivity contribution in [2.45, 2.75) is 45.2 Å². The summed E-state index contributed by atoms with van der Waals surface area (Å²) in [4.78, 5) is 38.9. The number of urea groups is 1. The zero-order valence-electron chi connectivity index (χ0n) is 17.2. The molecular weight excluding hydrogens is 366 g/mol. The first-order valence-corrected chi connectivity index (χ1v) is 9.81. The van der Waals surface area contributed by atoms with Gasteiger partial charge in [0.1, 0.15) is 12.1 Å². The van der Waals surface area contributed by atoms with E-state index in [0.29, 0.717) is 11.5 Å². The highest BCUT2D eigenvalue weighted by atomic mass is 16.2. The van der Waals surface area contributed by atoms with Crippen molar-refractivity contribution in [2.24, 2.45) is 0 Å². The van der Waals surface area contributed by atoms with Crippen LogP contribution >= 0.6 is 0 Å². The van der Waals surface area contributed by atoms with E-state index in [9.17, 15) is 14.4 Å². The smallest absolute Gasteiger partial charge is 0.325 e. The van der Waals surface area contributed by atoms with E-state index in [4.69, 9.17) is 0 Å². The summed E-state index contributed by atoms with van der Waals surface area (Å²) in [6, 6.07) is 16.4. The second kappa shape index (κ2) is 8.07. The van der Waals surface area contributed by atoms with Gasteiger partial charge in [0.25, 0.3) is 5.91 Å². The number of hydrogen-bond acceptors (Lipinski definition) is 3. The average Bonchev–Trinajstić information content (AvgIpc) is 2.92. The summed E-state index contributed by atoms with van der Waals surface area (Å²) >= 11 is 0. The Balaban J connectivity index is 1.70. The lowest BCUT2D eigenvalue weighted by Crippen LogP contribution is -2.43. The Kier molecular flexibility index (Phi) is 5.73. The Bertz CT molecular complexity index is 909. The zero-order chi connectivity index (χ0) is 21.2. The molecular formula is C23H27N3O3. The van der Waals surface area contributed by atoms with Gasteiger partial charge in [0.2, 0.25) is 5.91 Å². The highest BCUT2D eigenvalue weighted by Crippen LogP contribution is 2.30. The lowest BCUT2D eigenvalue weighted by atomic mass is 9.90. The number of rotatable bonds is 6. The third-order valence-corrected chi connectivity index (χ3v) is 5.41. The van der Waals surface area contributed by atoms with Gasteiger partial charge in [-0.1, -0.05) is 68.4 Å². The van der Waals surface area contributed by atoms with E-state index in [1.165, 1.54) is 0 Å².